The lowest BCUT2D eigenvalue weighted by Crippen LogP contribution is -2.34. The molecule has 0 N–H and O–H groups in total. The van der Waals surface area contributed by atoms with E-state index < -0.39 is 23.3 Å². The van der Waals surface area contributed by atoms with E-state index in [4.69, 9.17) is 16.0 Å². The Morgan fingerprint density at radius 2 is 2.00 bits per heavy atom. The van der Waals surface area contributed by atoms with Crippen LogP contribution in [0.25, 0.3) is 10.9 Å². The van der Waals surface area contributed by atoms with Gasteiger partial charge in [-0.15, -0.1) is 0 Å². The standard InChI is InChI=1S/C23H16ClFN4O3/c24-15-5-3-14(4-6-15)18-11-20(21-2-1-9-32-21)29(27-18)22(30)12-28-13-26-19-10-16(25)7-8-17(19)23(28)31/h1-10,13,20H,11-12H2. The number of furan rings is 1. The number of halogens is 2. The number of hydrogen-bond donors (Lipinski definition) is 0. The zero-order valence-corrected chi connectivity index (χ0v) is 17.4. The number of hydrogen-bond acceptors (Lipinski definition) is 5. The van der Waals surface area contributed by atoms with Crippen molar-refractivity contribution in [3.05, 3.63) is 99.7 Å². The summed E-state index contributed by atoms with van der Waals surface area (Å²) in [4.78, 5) is 30.1. The fourth-order valence-corrected chi connectivity index (χ4v) is 3.85. The molecule has 0 spiro atoms. The molecule has 160 valence electrons. The predicted molar refractivity (Wildman–Crippen MR) is 117 cm³/mol. The third kappa shape index (κ3) is 3.69. The normalized spacial score (nSPS) is 15.9. The quantitative estimate of drug-likeness (QED) is 0.467. The van der Waals surface area contributed by atoms with Crippen molar-refractivity contribution in [1.29, 1.82) is 0 Å². The Bertz CT molecular complexity index is 1400. The first-order valence-electron chi connectivity index (χ1n) is 9.83. The van der Waals surface area contributed by atoms with Crippen molar-refractivity contribution in [3.63, 3.8) is 0 Å². The fraction of sp³-hybridized carbons (Fsp3) is 0.130. The van der Waals surface area contributed by atoms with Crippen molar-refractivity contribution in [1.82, 2.24) is 14.6 Å². The first-order valence-corrected chi connectivity index (χ1v) is 10.2. The molecule has 7 nitrogen and oxygen atoms in total. The smallest absolute Gasteiger partial charge is 0.263 e. The molecule has 4 aromatic rings. The van der Waals surface area contributed by atoms with E-state index in [2.05, 4.69) is 10.1 Å². The van der Waals surface area contributed by atoms with E-state index in [0.717, 1.165) is 5.56 Å². The molecule has 3 heterocycles. The van der Waals surface area contributed by atoms with Crippen molar-refractivity contribution >= 4 is 34.1 Å². The molecule has 32 heavy (non-hydrogen) atoms. The highest BCUT2D eigenvalue weighted by molar-refractivity contribution is 6.30. The molecular weight excluding hydrogens is 435 g/mol. The predicted octanol–water partition coefficient (Wildman–Crippen LogP) is 4.16. The maximum atomic E-state index is 13.4. The number of benzene rings is 2. The lowest BCUT2D eigenvalue weighted by molar-refractivity contribution is -0.134. The summed E-state index contributed by atoms with van der Waals surface area (Å²) in [6.45, 7) is -0.270. The minimum absolute atomic E-state index is 0.232. The zero-order valence-electron chi connectivity index (χ0n) is 16.6. The summed E-state index contributed by atoms with van der Waals surface area (Å²) in [6, 6.07) is 14.0. The minimum atomic E-state index is -0.486. The Morgan fingerprint density at radius 1 is 1.19 bits per heavy atom. The number of nitrogens with zero attached hydrogens (tertiary/aromatic N) is 4. The van der Waals surface area contributed by atoms with Gasteiger partial charge >= 0.3 is 0 Å². The summed E-state index contributed by atoms with van der Waals surface area (Å²) in [7, 11) is 0. The van der Waals surface area contributed by atoms with Crippen molar-refractivity contribution in [2.45, 2.75) is 19.0 Å². The second-order valence-corrected chi connectivity index (χ2v) is 7.80. The van der Waals surface area contributed by atoms with E-state index in [-0.39, 0.29) is 17.4 Å². The van der Waals surface area contributed by atoms with Gasteiger partial charge in [0.2, 0.25) is 0 Å². The van der Waals surface area contributed by atoms with Crippen LogP contribution >= 0.6 is 11.6 Å². The maximum Gasteiger partial charge on any atom is 0.263 e. The summed E-state index contributed by atoms with van der Waals surface area (Å²) in [5, 5.41) is 6.71. The second kappa shape index (κ2) is 8.05. The number of amides is 1. The number of carbonyl (C=O) groups excluding carboxylic acids is 1. The van der Waals surface area contributed by atoms with Crippen LogP contribution in [-0.4, -0.2) is 26.2 Å². The van der Waals surface area contributed by atoms with E-state index in [0.29, 0.717) is 22.9 Å². The first kappa shape index (κ1) is 20.1. The third-order valence-electron chi connectivity index (χ3n) is 5.31. The molecule has 1 amide bonds. The third-order valence-corrected chi connectivity index (χ3v) is 5.56. The Hall–Kier alpha value is -3.78. The molecule has 1 atom stereocenters. The first-order chi connectivity index (χ1) is 15.5. The Morgan fingerprint density at radius 3 is 2.75 bits per heavy atom. The van der Waals surface area contributed by atoms with Gasteiger partial charge in [0.1, 0.15) is 24.2 Å². The van der Waals surface area contributed by atoms with Crippen molar-refractivity contribution < 1.29 is 13.6 Å². The molecule has 9 heteroatoms. The molecule has 1 aliphatic rings. The lowest BCUT2D eigenvalue weighted by atomic mass is 10.0. The lowest BCUT2D eigenvalue weighted by Gasteiger charge is -2.20. The van der Waals surface area contributed by atoms with Gasteiger partial charge in [0.25, 0.3) is 11.5 Å². The Balaban J connectivity index is 1.48. The second-order valence-electron chi connectivity index (χ2n) is 7.37. The fourth-order valence-electron chi connectivity index (χ4n) is 3.72. The van der Waals surface area contributed by atoms with Crippen LogP contribution in [0.15, 0.2) is 81.5 Å². The molecule has 0 saturated heterocycles. The van der Waals surface area contributed by atoms with Crippen molar-refractivity contribution in [2.24, 2.45) is 5.10 Å². The summed E-state index contributed by atoms with van der Waals surface area (Å²) in [5.74, 6) is -0.299. The number of carbonyl (C=O) groups is 1. The van der Waals surface area contributed by atoms with E-state index in [9.17, 15) is 14.0 Å². The van der Waals surface area contributed by atoms with Crippen LogP contribution in [0.5, 0.6) is 0 Å². The minimum Gasteiger partial charge on any atom is -0.467 e. The summed E-state index contributed by atoms with van der Waals surface area (Å²) in [5.41, 5.74) is 1.35. The molecule has 2 aromatic heterocycles. The molecule has 0 fully saturated rings. The van der Waals surface area contributed by atoms with Crippen LogP contribution in [-0.2, 0) is 11.3 Å². The van der Waals surface area contributed by atoms with E-state index in [1.807, 2.05) is 12.1 Å². The monoisotopic (exact) mass is 450 g/mol. The van der Waals surface area contributed by atoms with E-state index >= 15 is 0 Å². The molecule has 5 rings (SSSR count). The molecule has 0 bridgehead atoms. The van der Waals surface area contributed by atoms with Crippen LogP contribution in [0, 0.1) is 5.82 Å². The Labute approximate surface area is 186 Å². The van der Waals surface area contributed by atoms with Crippen LogP contribution in [0.3, 0.4) is 0 Å². The van der Waals surface area contributed by atoms with Gasteiger partial charge in [-0.05, 0) is 42.0 Å². The van der Waals surface area contributed by atoms with Crippen LogP contribution in [0.1, 0.15) is 23.8 Å². The molecular formula is C23H16ClFN4O3. The highest BCUT2D eigenvalue weighted by Crippen LogP contribution is 2.33. The topological polar surface area (TPSA) is 80.7 Å². The van der Waals surface area contributed by atoms with Gasteiger partial charge in [-0.2, -0.15) is 5.10 Å². The maximum absolute atomic E-state index is 13.4. The number of hydrazone groups is 1. The summed E-state index contributed by atoms with van der Waals surface area (Å²) in [6.07, 6.45) is 3.23. The van der Waals surface area contributed by atoms with Crippen LogP contribution in [0.4, 0.5) is 4.39 Å². The van der Waals surface area contributed by atoms with Gasteiger partial charge in [0.05, 0.1) is 29.2 Å². The van der Waals surface area contributed by atoms with E-state index in [1.54, 1.807) is 24.3 Å². The summed E-state index contributed by atoms with van der Waals surface area (Å²) >= 11 is 5.98. The number of aromatic nitrogens is 2. The van der Waals surface area contributed by atoms with Gasteiger partial charge in [-0.25, -0.2) is 14.4 Å². The van der Waals surface area contributed by atoms with Crippen LogP contribution in [0.2, 0.25) is 5.02 Å². The Kier molecular flexibility index (Phi) is 5.07. The summed E-state index contributed by atoms with van der Waals surface area (Å²) < 4.78 is 20.2. The largest absolute Gasteiger partial charge is 0.467 e. The van der Waals surface area contributed by atoms with Gasteiger partial charge in [0, 0.05) is 17.5 Å². The average Bonchev–Trinajstić information content (AvgIpc) is 3.46. The average molecular weight is 451 g/mol. The number of rotatable bonds is 4. The van der Waals surface area contributed by atoms with Gasteiger partial charge in [0.15, 0.2) is 0 Å². The highest BCUT2D eigenvalue weighted by atomic mass is 35.5. The molecule has 2 aromatic carbocycles. The highest BCUT2D eigenvalue weighted by Gasteiger charge is 2.35. The zero-order chi connectivity index (χ0) is 22.2. The van der Waals surface area contributed by atoms with Crippen molar-refractivity contribution in [2.75, 3.05) is 0 Å². The molecule has 1 unspecified atom stereocenters. The molecule has 1 aliphatic heterocycles. The SMILES string of the molecule is O=C(Cn1cnc2cc(F)ccc2c1=O)N1N=C(c2ccc(Cl)cc2)CC1c1ccco1. The van der Waals surface area contributed by atoms with Crippen molar-refractivity contribution in [3.8, 4) is 0 Å². The van der Waals surface area contributed by atoms with Crippen LogP contribution < -0.4 is 5.56 Å². The van der Waals surface area contributed by atoms with E-state index in [1.165, 1.54) is 40.4 Å². The van der Waals surface area contributed by atoms with Gasteiger partial charge in [-0.1, -0.05) is 23.7 Å². The van der Waals surface area contributed by atoms with Gasteiger partial charge in [-0.3, -0.25) is 14.2 Å². The molecule has 0 aliphatic carbocycles. The number of fused-ring (bicyclic) bond motifs is 1. The van der Waals surface area contributed by atoms with Gasteiger partial charge < -0.3 is 4.42 Å². The molecule has 0 radical (unpaired) electrons. The molecule has 0 saturated carbocycles.